The first-order valence-corrected chi connectivity index (χ1v) is 11.7. The molecule has 0 atom stereocenters. The van der Waals surface area contributed by atoms with Crippen LogP contribution < -0.4 is 21.1 Å². The van der Waals surface area contributed by atoms with E-state index in [1.165, 1.54) is 16.7 Å². The molecular formula is C27H27N3O3. The molecule has 6 heteroatoms. The van der Waals surface area contributed by atoms with Crippen molar-refractivity contribution in [1.29, 1.82) is 0 Å². The largest absolute Gasteiger partial charge is 0.460 e. The number of furan rings is 1. The Morgan fingerprint density at radius 1 is 0.909 bits per heavy atom. The molecule has 2 aliphatic rings. The maximum absolute atomic E-state index is 12.2. The Morgan fingerprint density at radius 3 is 2.36 bits per heavy atom. The van der Waals surface area contributed by atoms with Crippen LogP contribution in [-0.4, -0.2) is 37.1 Å². The predicted molar refractivity (Wildman–Crippen MR) is 132 cm³/mol. The van der Waals surface area contributed by atoms with E-state index in [-0.39, 0.29) is 10.9 Å². The molecule has 4 aromatic rings. The molecule has 168 valence electrons. The minimum atomic E-state index is -0.355. The average Bonchev–Trinajstić information content (AvgIpc) is 3.57. The number of piperazine rings is 1. The van der Waals surface area contributed by atoms with Crippen molar-refractivity contribution in [1.82, 2.24) is 4.90 Å². The van der Waals surface area contributed by atoms with Gasteiger partial charge in [0.2, 0.25) is 0 Å². The topological polar surface area (TPSA) is 65.8 Å². The minimum absolute atomic E-state index is 0.340. The smallest absolute Gasteiger partial charge is 0.253 e. The summed E-state index contributed by atoms with van der Waals surface area (Å²) in [6.45, 7) is 5.96. The fraction of sp³-hybridized carbons (Fsp3) is 0.333. The van der Waals surface area contributed by atoms with Crippen LogP contribution in [0.3, 0.4) is 0 Å². The van der Waals surface area contributed by atoms with E-state index in [2.05, 4.69) is 64.5 Å². The van der Waals surface area contributed by atoms with Crippen molar-refractivity contribution < 1.29 is 4.42 Å². The summed E-state index contributed by atoms with van der Waals surface area (Å²) in [5.41, 5.74) is 4.99. The van der Waals surface area contributed by atoms with E-state index in [0.29, 0.717) is 17.4 Å². The standard InChI is InChI=1S/C27H27N3O3/c1-17-2-4-18(5-3-17)19-6-9-23-20(14-19)15-22(33-23)16-29-10-12-30(13-11-29)25-24(26(31)27(25)32)28-21-7-8-21/h2-6,9,14-15,21,28H,7-8,10-13,16H2,1H3. The summed E-state index contributed by atoms with van der Waals surface area (Å²) in [4.78, 5) is 28.6. The van der Waals surface area contributed by atoms with E-state index in [1.54, 1.807) is 0 Å². The van der Waals surface area contributed by atoms with Crippen LogP contribution in [0, 0.1) is 6.92 Å². The van der Waals surface area contributed by atoms with Gasteiger partial charge >= 0.3 is 0 Å². The van der Waals surface area contributed by atoms with Crippen molar-refractivity contribution in [2.45, 2.75) is 32.4 Å². The Balaban J connectivity index is 1.12. The van der Waals surface area contributed by atoms with E-state index in [4.69, 9.17) is 4.42 Å². The molecule has 1 aliphatic heterocycles. The molecule has 0 bridgehead atoms. The Labute approximate surface area is 192 Å². The molecule has 0 unspecified atom stereocenters. The van der Waals surface area contributed by atoms with Crippen LogP contribution in [0.4, 0.5) is 11.4 Å². The number of fused-ring (bicyclic) bond motifs is 1. The first kappa shape index (κ1) is 20.2. The molecule has 1 N–H and O–H groups in total. The SMILES string of the molecule is Cc1ccc(-c2ccc3oc(CN4CCN(c5c(NC6CC6)c(=O)c5=O)CC4)cc3c2)cc1. The Hall–Kier alpha value is -3.38. The summed E-state index contributed by atoms with van der Waals surface area (Å²) in [6, 6.07) is 17.4. The second kappa shape index (κ2) is 7.89. The van der Waals surface area contributed by atoms with E-state index in [1.807, 2.05) is 6.07 Å². The van der Waals surface area contributed by atoms with Gasteiger partial charge in [0.15, 0.2) is 0 Å². The molecule has 2 heterocycles. The zero-order chi connectivity index (χ0) is 22.5. The molecule has 3 aromatic carbocycles. The maximum Gasteiger partial charge on any atom is 0.253 e. The molecule has 1 aromatic heterocycles. The Bertz CT molecular complexity index is 1380. The van der Waals surface area contributed by atoms with Gasteiger partial charge in [-0.15, -0.1) is 0 Å². The molecule has 0 spiro atoms. The number of hydrogen-bond donors (Lipinski definition) is 1. The number of hydrogen-bond acceptors (Lipinski definition) is 6. The number of nitrogens with one attached hydrogen (secondary N) is 1. The van der Waals surface area contributed by atoms with Gasteiger partial charge in [-0.1, -0.05) is 35.9 Å². The molecular weight excluding hydrogens is 414 g/mol. The average molecular weight is 442 g/mol. The van der Waals surface area contributed by atoms with E-state index in [9.17, 15) is 9.59 Å². The highest BCUT2D eigenvalue weighted by molar-refractivity contribution is 5.84. The minimum Gasteiger partial charge on any atom is -0.460 e. The lowest BCUT2D eigenvalue weighted by atomic mass is 10.0. The molecule has 1 aliphatic carbocycles. The Kier molecular flexibility index (Phi) is 4.84. The summed E-state index contributed by atoms with van der Waals surface area (Å²) in [7, 11) is 0. The molecule has 1 saturated carbocycles. The van der Waals surface area contributed by atoms with Gasteiger partial charge in [-0.25, -0.2) is 0 Å². The van der Waals surface area contributed by atoms with Gasteiger partial charge in [0, 0.05) is 37.6 Å². The van der Waals surface area contributed by atoms with E-state index >= 15 is 0 Å². The third-order valence-electron chi connectivity index (χ3n) is 6.83. The summed E-state index contributed by atoms with van der Waals surface area (Å²) >= 11 is 0. The highest BCUT2D eigenvalue weighted by Crippen LogP contribution is 2.30. The zero-order valence-electron chi connectivity index (χ0n) is 18.8. The fourth-order valence-electron chi connectivity index (χ4n) is 4.70. The highest BCUT2D eigenvalue weighted by Gasteiger charge is 2.32. The quantitative estimate of drug-likeness (QED) is 0.458. The first-order valence-electron chi connectivity index (χ1n) is 11.7. The van der Waals surface area contributed by atoms with Gasteiger partial charge < -0.3 is 14.6 Å². The number of rotatable bonds is 6. The Morgan fingerprint density at radius 2 is 1.64 bits per heavy atom. The van der Waals surface area contributed by atoms with Crippen LogP contribution in [0.25, 0.3) is 22.1 Å². The molecule has 0 radical (unpaired) electrons. The first-order chi connectivity index (χ1) is 16.0. The summed E-state index contributed by atoms with van der Waals surface area (Å²) in [6.07, 6.45) is 2.16. The third-order valence-corrected chi connectivity index (χ3v) is 6.83. The third kappa shape index (κ3) is 3.85. The predicted octanol–water partition coefficient (Wildman–Crippen LogP) is 3.90. The van der Waals surface area contributed by atoms with Crippen LogP contribution in [-0.2, 0) is 6.54 Å². The molecule has 2 fully saturated rings. The van der Waals surface area contributed by atoms with Gasteiger partial charge in [-0.05, 0) is 49.1 Å². The normalized spacial score (nSPS) is 17.2. The number of nitrogens with zero attached hydrogens (tertiary/aromatic N) is 2. The summed E-state index contributed by atoms with van der Waals surface area (Å²) in [5.74, 6) is 0.949. The lowest BCUT2D eigenvalue weighted by Crippen LogP contribution is -2.51. The van der Waals surface area contributed by atoms with Crippen LogP contribution in [0.2, 0.25) is 0 Å². The van der Waals surface area contributed by atoms with Crippen molar-refractivity contribution in [2.75, 3.05) is 36.4 Å². The second-order valence-electron chi connectivity index (χ2n) is 9.40. The number of anilines is 2. The molecule has 6 rings (SSSR count). The molecule has 33 heavy (non-hydrogen) atoms. The van der Waals surface area contributed by atoms with Crippen LogP contribution in [0.1, 0.15) is 24.2 Å². The lowest BCUT2D eigenvalue weighted by molar-refractivity contribution is 0.232. The van der Waals surface area contributed by atoms with Gasteiger partial charge in [0.25, 0.3) is 10.9 Å². The van der Waals surface area contributed by atoms with Crippen molar-refractivity contribution >= 4 is 22.3 Å². The van der Waals surface area contributed by atoms with Crippen LogP contribution >= 0.6 is 0 Å². The summed E-state index contributed by atoms with van der Waals surface area (Å²) < 4.78 is 6.11. The van der Waals surface area contributed by atoms with Crippen LogP contribution in [0.5, 0.6) is 0 Å². The van der Waals surface area contributed by atoms with Crippen LogP contribution in [0.15, 0.2) is 62.5 Å². The van der Waals surface area contributed by atoms with Gasteiger partial charge in [-0.2, -0.15) is 0 Å². The second-order valence-corrected chi connectivity index (χ2v) is 9.40. The summed E-state index contributed by atoms with van der Waals surface area (Å²) in [5, 5.41) is 4.35. The maximum atomic E-state index is 12.2. The van der Waals surface area contributed by atoms with E-state index < -0.39 is 0 Å². The van der Waals surface area contributed by atoms with Gasteiger partial charge in [0.05, 0.1) is 6.54 Å². The zero-order valence-corrected chi connectivity index (χ0v) is 18.8. The number of aryl methyl sites for hydroxylation is 1. The van der Waals surface area contributed by atoms with Gasteiger partial charge in [-0.3, -0.25) is 14.5 Å². The van der Waals surface area contributed by atoms with Crippen molar-refractivity contribution in [3.8, 4) is 11.1 Å². The molecule has 1 saturated heterocycles. The molecule has 6 nitrogen and oxygen atoms in total. The highest BCUT2D eigenvalue weighted by atomic mass is 16.3. The van der Waals surface area contributed by atoms with Gasteiger partial charge in [0.1, 0.15) is 22.7 Å². The van der Waals surface area contributed by atoms with Crippen molar-refractivity contribution in [3.05, 3.63) is 80.3 Å². The fourth-order valence-corrected chi connectivity index (χ4v) is 4.70. The monoisotopic (exact) mass is 441 g/mol. The van der Waals surface area contributed by atoms with Crippen molar-refractivity contribution in [3.63, 3.8) is 0 Å². The van der Waals surface area contributed by atoms with Crippen molar-refractivity contribution in [2.24, 2.45) is 0 Å². The molecule has 0 amide bonds. The lowest BCUT2D eigenvalue weighted by Gasteiger charge is -2.36. The van der Waals surface area contributed by atoms with E-state index in [0.717, 1.165) is 62.3 Å². The number of benzene rings is 2.